The molecule has 18 heavy (non-hydrogen) atoms. The number of nitrogens with zero attached hydrogens (tertiary/aromatic N) is 1. The van der Waals surface area contributed by atoms with Crippen LogP contribution in [0.1, 0.15) is 25.3 Å². The first kappa shape index (κ1) is 15.7. The van der Waals surface area contributed by atoms with Gasteiger partial charge in [0.1, 0.15) is 0 Å². The fourth-order valence-electron chi connectivity index (χ4n) is 1.64. The van der Waals surface area contributed by atoms with Crippen LogP contribution in [0.2, 0.25) is 0 Å². The Hall–Kier alpha value is -0.390. The second-order valence-electron chi connectivity index (χ2n) is 4.26. The second-order valence-corrected chi connectivity index (χ2v) is 6.99. The van der Waals surface area contributed by atoms with E-state index in [9.17, 15) is 8.42 Å². The molecule has 0 N–H and O–H groups in total. The highest BCUT2D eigenvalue weighted by atomic mass is 79.9. The Balaban J connectivity index is 2.96. The number of hydrogen-bond donors (Lipinski definition) is 0. The zero-order valence-corrected chi connectivity index (χ0v) is 13.3. The topological polar surface area (TPSA) is 37.4 Å². The summed E-state index contributed by atoms with van der Waals surface area (Å²) in [4.78, 5) is 0.380. The van der Waals surface area contributed by atoms with Crippen LogP contribution in [0.15, 0.2) is 29.2 Å². The number of unbranched alkanes of at least 4 members (excludes halogenated alkanes) is 1. The van der Waals surface area contributed by atoms with E-state index in [0.29, 0.717) is 23.3 Å². The molecule has 3 nitrogen and oxygen atoms in total. The molecule has 0 spiro atoms. The van der Waals surface area contributed by atoms with Crippen molar-refractivity contribution < 1.29 is 8.42 Å². The molecule has 0 aliphatic rings. The summed E-state index contributed by atoms with van der Waals surface area (Å²) in [5.41, 5.74) is 1.06. The third-order valence-corrected chi connectivity index (χ3v) is 5.02. The molecule has 0 radical (unpaired) electrons. The van der Waals surface area contributed by atoms with Crippen LogP contribution < -0.4 is 0 Å². The first-order valence-corrected chi connectivity index (χ1v) is 8.71. The Labute approximate surface area is 118 Å². The monoisotopic (exact) mass is 333 g/mol. The van der Waals surface area contributed by atoms with Gasteiger partial charge in [0.05, 0.1) is 4.90 Å². The lowest BCUT2D eigenvalue weighted by atomic mass is 10.2. The van der Waals surface area contributed by atoms with Crippen LogP contribution in [0, 0.1) is 6.92 Å². The van der Waals surface area contributed by atoms with Crippen LogP contribution >= 0.6 is 15.9 Å². The predicted molar refractivity (Wildman–Crippen MR) is 78.6 cm³/mol. The fourth-order valence-corrected chi connectivity index (χ4v) is 3.78. The van der Waals surface area contributed by atoms with Crippen molar-refractivity contribution in [2.24, 2.45) is 0 Å². The molecule has 0 unspecified atom stereocenters. The van der Waals surface area contributed by atoms with E-state index in [0.717, 1.165) is 18.4 Å². The molecule has 1 aromatic rings. The van der Waals surface area contributed by atoms with E-state index in [1.54, 1.807) is 16.4 Å². The number of halogens is 1. The second kappa shape index (κ2) is 7.26. The van der Waals surface area contributed by atoms with Crippen molar-refractivity contribution in [3.63, 3.8) is 0 Å². The molecule has 0 aliphatic carbocycles. The molecule has 0 fully saturated rings. The standard InChI is InChI=1S/C13H20BrNO2S/c1-3-4-10-15(11-9-14)18(16,17)13-7-5-12(2)6-8-13/h5-8H,3-4,9-11H2,1-2H3. The zero-order valence-electron chi connectivity index (χ0n) is 10.9. The lowest BCUT2D eigenvalue weighted by molar-refractivity contribution is 0.422. The van der Waals surface area contributed by atoms with Crippen LogP contribution in [0.4, 0.5) is 0 Å². The summed E-state index contributed by atoms with van der Waals surface area (Å²) in [7, 11) is -3.35. The largest absolute Gasteiger partial charge is 0.243 e. The summed E-state index contributed by atoms with van der Waals surface area (Å²) in [6.45, 7) is 5.10. The summed E-state index contributed by atoms with van der Waals surface area (Å²) < 4.78 is 26.4. The van der Waals surface area contributed by atoms with Gasteiger partial charge in [0.25, 0.3) is 0 Å². The average molecular weight is 334 g/mol. The fraction of sp³-hybridized carbons (Fsp3) is 0.538. The van der Waals surface area contributed by atoms with Gasteiger partial charge in [0.15, 0.2) is 0 Å². The van der Waals surface area contributed by atoms with Crippen LogP contribution in [0.3, 0.4) is 0 Å². The maximum Gasteiger partial charge on any atom is 0.243 e. The summed E-state index contributed by atoms with van der Waals surface area (Å²) in [5, 5.41) is 0.655. The molecular weight excluding hydrogens is 314 g/mol. The van der Waals surface area contributed by atoms with Gasteiger partial charge in [-0.15, -0.1) is 0 Å². The van der Waals surface area contributed by atoms with Crippen molar-refractivity contribution in [1.29, 1.82) is 0 Å². The Bertz CT molecular complexity index is 456. The number of hydrogen-bond acceptors (Lipinski definition) is 2. The minimum absolute atomic E-state index is 0.380. The highest BCUT2D eigenvalue weighted by Crippen LogP contribution is 2.17. The van der Waals surface area contributed by atoms with Crippen LogP contribution in [0.25, 0.3) is 0 Å². The summed E-state index contributed by atoms with van der Waals surface area (Å²) in [6.07, 6.45) is 1.88. The predicted octanol–water partition coefficient (Wildman–Crippen LogP) is 3.18. The summed E-state index contributed by atoms with van der Waals surface area (Å²) in [5.74, 6) is 0. The molecule has 0 atom stereocenters. The van der Waals surface area contributed by atoms with E-state index >= 15 is 0 Å². The van der Waals surface area contributed by atoms with Gasteiger partial charge in [-0.1, -0.05) is 47.0 Å². The molecule has 0 amide bonds. The number of sulfonamides is 1. The third kappa shape index (κ3) is 4.07. The van der Waals surface area contributed by atoms with Crippen LogP contribution in [0.5, 0.6) is 0 Å². The Morgan fingerprint density at radius 1 is 1.17 bits per heavy atom. The number of alkyl halides is 1. The van der Waals surface area contributed by atoms with Crippen LogP contribution in [-0.2, 0) is 10.0 Å². The van der Waals surface area contributed by atoms with E-state index in [4.69, 9.17) is 0 Å². The number of aryl methyl sites for hydroxylation is 1. The Morgan fingerprint density at radius 3 is 2.28 bits per heavy atom. The van der Waals surface area contributed by atoms with Gasteiger partial charge in [-0.3, -0.25) is 0 Å². The molecule has 1 aromatic carbocycles. The third-order valence-electron chi connectivity index (χ3n) is 2.75. The quantitative estimate of drug-likeness (QED) is 0.718. The summed E-state index contributed by atoms with van der Waals surface area (Å²) in [6, 6.07) is 7.02. The molecule has 0 aliphatic heterocycles. The van der Waals surface area contributed by atoms with Crippen molar-refractivity contribution in [1.82, 2.24) is 4.31 Å². The van der Waals surface area contributed by atoms with Crippen molar-refractivity contribution in [3.8, 4) is 0 Å². The smallest absolute Gasteiger partial charge is 0.207 e. The van der Waals surface area contributed by atoms with Crippen LogP contribution in [-0.4, -0.2) is 31.1 Å². The average Bonchev–Trinajstić information content (AvgIpc) is 2.35. The SMILES string of the molecule is CCCCN(CCBr)S(=O)(=O)c1ccc(C)cc1. The molecule has 0 bridgehead atoms. The van der Waals surface area contributed by atoms with E-state index in [2.05, 4.69) is 22.9 Å². The minimum atomic E-state index is -3.35. The molecule has 0 saturated heterocycles. The first-order valence-electron chi connectivity index (χ1n) is 6.15. The van der Waals surface area contributed by atoms with Gasteiger partial charge < -0.3 is 0 Å². The van der Waals surface area contributed by atoms with Gasteiger partial charge in [-0.2, -0.15) is 4.31 Å². The van der Waals surface area contributed by atoms with Gasteiger partial charge in [0, 0.05) is 18.4 Å². The molecule has 0 aromatic heterocycles. The first-order chi connectivity index (χ1) is 8.52. The van der Waals surface area contributed by atoms with Gasteiger partial charge in [-0.05, 0) is 25.5 Å². The maximum absolute atomic E-state index is 12.4. The number of benzene rings is 1. The van der Waals surface area contributed by atoms with Crippen molar-refractivity contribution >= 4 is 26.0 Å². The Morgan fingerprint density at radius 2 is 1.78 bits per heavy atom. The summed E-state index contributed by atoms with van der Waals surface area (Å²) >= 11 is 3.31. The maximum atomic E-state index is 12.4. The van der Waals surface area contributed by atoms with Crippen molar-refractivity contribution in [2.75, 3.05) is 18.4 Å². The zero-order chi connectivity index (χ0) is 13.6. The van der Waals surface area contributed by atoms with Gasteiger partial charge in [0.2, 0.25) is 10.0 Å². The van der Waals surface area contributed by atoms with Gasteiger partial charge >= 0.3 is 0 Å². The van der Waals surface area contributed by atoms with Gasteiger partial charge in [-0.25, -0.2) is 8.42 Å². The lowest BCUT2D eigenvalue weighted by Crippen LogP contribution is -2.33. The molecular formula is C13H20BrNO2S. The van der Waals surface area contributed by atoms with E-state index in [1.165, 1.54) is 0 Å². The van der Waals surface area contributed by atoms with Crippen molar-refractivity contribution in [3.05, 3.63) is 29.8 Å². The lowest BCUT2D eigenvalue weighted by Gasteiger charge is -2.21. The molecule has 0 heterocycles. The molecule has 1 rings (SSSR count). The highest BCUT2D eigenvalue weighted by molar-refractivity contribution is 9.09. The molecule has 0 saturated carbocycles. The normalized spacial score (nSPS) is 12.0. The highest BCUT2D eigenvalue weighted by Gasteiger charge is 2.22. The van der Waals surface area contributed by atoms with E-state index in [1.807, 2.05) is 19.1 Å². The molecule has 5 heteroatoms. The Kier molecular flexibility index (Phi) is 6.32. The van der Waals surface area contributed by atoms with Crippen molar-refractivity contribution in [2.45, 2.75) is 31.6 Å². The molecule has 102 valence electrons. The minimum Gasteiger partial charge on any atom is -0.207 e. The van der Waals surface area contributed by atoms with E-state index in [-0.39, 0.29) is 0 Å². The number of rotatable bonds is 7. The van der Waals surface area contributed by atoms with E-state index < -0.39 is 10.0 Å².